The van der Waals surface area contributed by atoms with Crippen LogP contribution >= 0.6 is 0 Å². The average molecular weight is 426 g/mol. The zero-order valence-electron chi connectivity index (χ0n) is 18.6. The Morgan fingerprint density at radius 3 is 2.56 bits per heavy atom. The number of amides is 1. The Hall–Kier alpha value is -3.53. The third-order valence-corrected chi connectivity index (χ3v) is 6.39. The van der Waals surface area contributed by atoms with E-state index in [0.717, 1.165) is 59.2 Å². The molecule has 0 atom stereocenters. The number of carbonyl (C=O) groups is 1. The number of methoxy groups -OCH3 is 1. The third kappa shape index (κ3) is 3.77. The summed E-state index contributed by atoms with van der Waals surface area (Å²) >= 11 is 0. The molecule has 3 aromatic carbocycles. The molecule has 1 aliphatic rings. The van der Waals surface area contributed by atoms with Crippen LogP contribution in [0.1, 0.15) is 31.7 Å². The summed E-state index contributed by atoms with van der Waals surface area (Å²) in [6.45, 7) is 3.65. The van der Waals surface area contributed by atoms with Crippen LogP contribution in [0.25, 0.3) is 38.4 Å². The van der Waals surface area contributed by atoms with E-state index in [4.69, 9.17) is 9.15 Å². The van der Waals surface area contributed by atoms with Gasteiger partial charge in [-0.2, -0.15) is 0 Å². The first-order valence-electron chi connectivity index (χ1n) is 11.2. The van der Waals surface area contributed by atoms with Gasteiger partial charge in [-0.15, -0.1) is 0 Å². The molecule has 0 saturated carbocycles. The van der Waals surface area contributed by atoms with E-state index in [2.05, 4.69) is 42.5 Å². The quantitative estimate of drug-likeness (QED) is 0.343. The van der Waals surface area contributed by atoms with E-state index in [1.807, 2.05) is 24.0 Å². The van der Waals surface area contributed by atoms with E-state index < -0.39 is 0 Å². The molecule has 1 saturated heterocycles. The number of carbonyl (C=O) groups excluding carboxylic acids is 1. The van der Waals surface area contributed by atoms with Gasteiger partial charge in [-0.1, -0.05) is 36.4 Å². The summed E-state index contributed by atoms with van der Waals surface area (Å²) in [4.78, 5) is 14.7. The maximum absolute atomic E-state index is 12.8. The average Bonchev–Trinajstić information content (AvgIpc) is 3.26. The number of likely N-dealkylation sites (tertiary alicyclic amines) is 1. The summed E-state index contributed by atoms with van der Waals surface area (Å²) in [5.74, 6) is 0.781. The van der Waals surface area contributed by atoms with Crippen molar-refractivity contribution in [3.63, 3.8) is 0 Å². The molecule has 32 heavy (non-hydrogen) atoms. The number of hydrogen-bond acceptors (Lipinski definition) is 3. The zero-order chi connectivity index (χ0) is 22.1. The highest BCUT2D eigenvalue weighted by Gasteiger charge is 2.18. The fourth-order valence-corrected chi connectivity index (χ4v) is 4.58. The second-order valence-corrected chi connectivity index (χ2v) is 8.47. The van der Waals surface area contributed by atoms with Crippen LogP contribution in [0.4, 0.5) is 0 Å². The summed E-state index contributed by atoms with van der Waals surface area (Å²) in [6.07, 6.45) is 6.91. The van der Waals surface area contributed by atoms with Crippen molar-refractivity contribution in [2.75, 3.05) is 20.2 Å². The van der Waals surface area contributed by atoms with Crippen LogP contribution in [0.2, 0.25) is 0 Å². The molecule has 0 N–H and O–H groups in total. The second kappa shape index (κ2) is 8.54. The van der Waals surface area contributed by atoms with Gasteiger partial charge in [0.15, 0.2) is 0 Å². The maximum atomic E-state index is 12.8. The van der Waals surface area contributed by atoms with E-state index in [9.17, 15) is 4.79 Å². The normalized spacial score (nSPS) is 14.8. The minimum absolute atomic E-state index is 0.0753. The molecule has 0 radical (unpaired) electrons. The van der Waals surface area contributed by atoms with Gasteiger partial charge >= 0.3 is 0 Å². The van der Waals surface area contributed by atoms with Gasteiger partial charge < -0.3 is 14.1 Å². The van der Waals surface area contributed by atoms with Gasteiger partial charge in [0.05, 0.1) is 13.4 Å². The Balaban J connectivity index is 1.57. The van der Waals surface area contributed by atoms with E-state index >= 15 is 0 Å². The number of nitrogens with zero attached hydrogens (tertiary/aromatic N) is 1. The molecule has 0 bridgehead atoms. The van der Waals surface area contributed by atoms with Gasteiger partial charge in [0.2, 0.25) is 5.91 Å². The molecular formula is C28H27NO3. The van der Waals surface area contributed by atoms with Crippen LogP contribution in [0.15, 0.2) is 71.4 Å². The first kappa shape index (κ1) is 20.4. The van der Waals surface area contributed by atoms with Crippen molar-refractivity contribution < 1.29 is 13.9 Å². The number of ether oxygens (including phenoxy) is 1. The standard InChI is InChI=1S/C28H27NO3/c1-19(14-28(30)29-12-6-3-7-13-29)23-16-24-25(18-32-27(24)17-26(23)31-2)22-11-10-20-8-4-5-9-21(20)15-22/h4-5,8-11,14-18H,3,6-7,12-13H2,1-2H3/b19-14+. The number of hydrogen-bond donors (Lipinski definition) is 0. The molecule has 1 amide bonds. The third-order valence-electron chi connectivity index (χ3n) is 6.39. The fourth-order valence-electron chi connectivity index (χ4n) is 4.58. The minimum atomic E-state index is 0.0753. The Bertz CT molecular complexity index is 1330. The van der Waals surface area contributed by atoms with Gasteiger partial charge in [-0.25, -0.2) is 0 Å². The van der Waals surface area contributed by atoms with Crippen molar-refractivity contribution in [3.8, 4) is 16.9 Å². The summed E-state index contributed by atoms with van der Waals surface area (Å²) in [6, 6.07) is 18.8. The zero-order valence-corrected chi connectivity index (χ0v) is 18.6. The smallest absolute Gasteiger partial charge is 0.246 e. The second-order valence-electron chi connectivity index (χ2n) is 8.47. The molecule has 162 valence electrons. The van der Waals surface area contributed by atoms with Crippen LogP contribution < -0.4 is 4.74 Å². The van der Waals surface area contributed by atoms with E-state index in [1.54, 1.807) is 19.4 Å². The Morgan fingerprint density at radius 2 is 1.78 bits per heavy atom. The van der Waals surface area contributed by atoms with Crippen LogP contribution in [0.5, 0.6) is 5.75 Å². The molecule has 4 heteroatoms. The molecule has 2 heterocycles. The number of rotatable bonds is 4. The predicted octanol–water partition coefficient (Wildman–Crippen LogP) is 6.68. The van der Waals surface area contributed by atoms with E-state index in [-0.39, 0.29) is 5.91 Å². The van der Waals surface area contributed by atoms with Crippen LogP contribution in [-0.2, 0) is 4.79 Å². The molecule has 5 rings (SSSR count). The van der Waals surface area contributed by atoms with Crippen molar-refractivity contribution in [1.82, 2.24) is 4.90 Å². The molecule has 4 aromatic rings. The minimum Gasteiger partial charge on any atom is -0.496 e. The summed E-state index contributed by atoms with van der Waals surface area (Å²) < 4.78 is 11.5. The molecule has 0 spiro atoms. The van der Waals surface area contributed by atoms with Gasteiger partial charge in [0, 0.05) is 41.7 Å². The monoisotopic (exact) mass is 425 g/mol. The molecule has 4 nitrogen and oxygen atoms in total. The lowest BCUT2D eigenvalue weighted by molar-refractivity contribution is -0.126. The molecule has 1 aliphatic heterocycles. The summed E-state index contributed by atoms with van der Waals surface area (Å²) in [5, 5.41) is 3.41. The highest BCUT2D eigenvalue weighted by molar-refractivity contribution is 6.01. The largest absolute Gasteiger partial charge is 0.496 e. The Labute approximate surface area is 188 Å². The predicted molar refractivity (Wildman–Crippen MR) is 130 cm³/mol. The van der Waals surface area contributed by atoms with Crippen LogP contribution in [0, 0.1) is 0 Å². The number of furan rings is 1. The Morgan fingerprint density at radius 1 is 1.00 bits per heavy atom. The number of benzene rings is 3. The molecule has 1 fully saturated rings. The number of fused-ring (bicyclic) bond motifs is 2. The van der Waals surface area contributed by atoms with Crippen LogP contribution in [0.3, 0.4) is 0 Å². The van der Waals surface area contributed by atoms with Crippen molar-refractivity contribution >= 4 is 33.2 Å². The lowest BCUT2D eigenvalue weighted by Crippen LogP contribution is -2.34. The SMILES string of the molecule is COc1cc2occ(-c3ccc4ccccc4c3)c2cc1/C(C)=C/C(=O)N1CCCCC1. The van der Waals surface area contributed by atoms with Crippen LogP contribution in [-0.4, -0.2) is 31.0 Å². The lowest BCUT2D eigenvalue weighted by atomic mass is 9.97. The van der Waals surface area contributed by atoms with Gasteiger partial charge in [-0.3, -0.25) is 4.79 Å². The van der Waals surface area contributed by atoms with Crippen molar-refractivity contribution in [3.05, 3.63) is 72.5 Å². The highest BCUT2D eigenvalue weighted by atomic mass is 16.5. The molecular weight excluding hydrogens is 398 g/mol. The summed E-state index contributed by atoms with van der Waals surface area (Å²) in [5.41, 5.74) is 4.71. The maximum Gasteiger partial charge on any atom is 0.246 e. The molecule has 0 aliphatic carbocycles. The number of allylic oxidation sites excluding steroid dienone is 1. The summed E-state index contributed by atoms with van der Waals surface area (Å²) in [7, 11) is 1.65. The first-order valence-corrected chi connectivity index (χ1v) is 11.2. The van der Waals surface area contributed by atoms with E-state index in [1.165, 1.54) is 17.2 Å². The highest BCUT2D eigenvalue weighted by Crippen LogP contribution is 2.38. The Kier molecular flexibility index (Phi) is 5.44. The van der Waals surface area contributed by atoms with Gasteiger partial charge in [0.25, 0.3) is 0 Å². The van der Waals surface area contributed by atoms with Crippen molar-refractivity contribution in [1.29, 1.82) is 0 Å². The van der Waals surface area contributed by atoms with E-state index in [0.29, 0.717) is 5.75 Å². The topological polar surface area (TPSA) is 42.7 Å². The molecule has 1 aromatic heterocycles. The lowest BCUT2D eigenvalue weighted by Gasteiger charge is -2.25. The molecule has 0 unspecified atom stereocenters. The number of piperidine rings is 1. The van der Waals surface area contributed by atoms with Gasteiger partial charge in [0.1, 0.15) is 11.3 Å². The van der Waals surface area contributed by atoms with Gasteiger partial charge in [-0.05, 0) is 60.2 Å². The van der Waals surface area contributed by atoms with Crippen molar-refractivity contribution in [2.45, 2.75) is 26.2 Å². The first-order chi connectivity index (χ1) is 15.6. The fraction of sp³-hybridized carbons (Fsp3) is 0.250. The van der Waals surface area contributed by atoms with Crippen molar-refractivity contribution in [2.24, 2.45) is 0 Å².